The highest BCUT2D eigenvalue weighted by Crippen LogP contribution is 2.60. The zero-order valence-corrected chi connectivity index (χ0v) is 15.4. The monoisotopic (exact) mass is 418 g/mol. The molecule has 0 aromatic rings. The minimum Gasteiger partial charge on any atom is -0.286 e. The van der Waals surface area contributed by atoms with E-state index in [0.717, 1.165) is 10.5 Å². The molecule has 0 spiro atoms. The minimum absolute atomic E-state index is 0.0227. The summed E-state index contributed by atoms with van der Waals surface area (Å²) in [6.07, 6.45) is 0.273. The second-order valence-electron chi connectivity index (χ2n) is 5.35. The third-order valence-corrected chi connectivity index (χ3v) is 6.66. The van der Waals surface area contributed by atoms with Crippen molar-refractivity contribution in [1.29, 1.82) is 0 Å². The molecule has 2 aliphatic heterocycles. The van der Waals surface area contributed by atoms with Crippen LogP contribution in [0.25, 0.3) is 0 Å². The van der Waals surface area contributed by atoms with Gasteiger partial charge in [-0.15, -0.1) is 0 Å². The summed E-state index contributed by atoms with van der Waals surface area (Å²) in [6.45, 7) is -0.132. The Morgan fingerprint density at radius 3 is 1.46 bits per heavy atom. The molecule has 2 aliphatic rings. The van der Waals surface area contributed by atoms with Crippen molar-refractivity contribution in [1.82, 2.24) is 20.6 Å². The maximum atomic E-state index is 12.6. The summed E-state index contributed by atoms with van der Waals surface area (Å²) in [5, 5.41) is 20.4. The summed E-state index contributed by atoms with van der Waals surface area (Å²) < 4.78 is 46.0. The van der Waals surface area contributed by atoms with Gasteiger partial charge in [0.25, 0.3) is 0 Å². The predicted octanol–water partition coefficient (Wildman–Crippen LogP) is 0.206. The van der Waals surface area contributed by atoms with Gasteiger partial charge in [-0.05, 0) is 23.3 Å². The molecule has 0 aromatic carbocycles. The second-order valence-corrected chi connectivity index (χ2v) is 9.34. The smallest absolute Gasteiger partial charge is 0.286 e. The Hall–Kier alpha value is -0.920. The first kappa shape index (κ1) is 21.4. The van der Waals surface area contributed by atoms with E-state index in [2.05, 4.69) is 0 Å². The van der Waals surface area contributed by atoms with E-state index in [0.29, 0.717) is 10.1 Å². The Morgan fingerprint density at radius 2 is 1.15 bits per heavy atom. The lowest BCUT2D eigenvalue weighted by Gasteiger charge is -2.30. The molecule has 150 valence electrons. The fraction of sp³-hybridized carbons (Fsp3) is 0.800. The lowest BCUT2D eigenvalue weighted by Crippen LogP contribution is -2.26. The van der Waals surface area contributed by atoms with Crippen LogP contribution >= 0.6 is 15.2 Å². The van der Waals surface area contributed by atoms with Crippen LogP contribution < -0.4 is 0 Å². The molecule has 0 aromatic heterocycles. The van der Waals surface area contributed by atoms with Gasteiger partial charge in [0.2, 0.25) is 12.8 Å². The van der Waals surface area contributed by atoms with Crippen LogP contribution in [-0.2, 0) is 37.2 Å². The maximum Gasteiger partial charge on any atom is 0.367 e. The molecule has 0 unspecified atom stereocenters. The molecule has 14 nitrogen and oxygen atoms in total. The van der Waals surface area contributed by atoms with Gasteiger partial charge in [-0.2, -0.15) is 18.5 Å². The van der Waals surface area contributed by atoms with Crippen LogP contribution in [0.3, 0.4) is 0 Å². The molecule has 0 atom stereocenters. The summed E-state index contributed by atoms with van der Waals surface area (Å²) >= 11 is 0. The first-order valence-corrected chi connectivity index (χ1v) is 11.1. The van der Waals surface area contributed by atoms with Crippen LogP contribution in [0.4, 0.5) is 0 Å². The fourth-order valence-electron chi connectivity index (χ4n) is 2.06. The standard InChI is InChI=1S/C10H20N4O10P2/c15-9-11(17)3-1-7-25(19)21-13-5-6-14(22-25)24-26(20,23-13)8-2-4-12(18)10-16/h9-10,17-18H,1-8H2. The number of amides is 2. The van der Waals surface area contributed by atoms with Crippen LogP contribution in [-0.4, -0.2) is 82.3 Å². The molecule has 2 bridgehead atoms. The molecule has 26 heavy (non-hydrogen) atoms. The molecule has 2 rings (SSSR count). The molecule has 2 amide bonds. The third kappa shape index (κ3) is 6.35. The van der Waals surface area contributed by atoms with E-state index >= 15 is 0 Å². The summed E-state index contributed by atoms with van der Waals surface area (Å²) in [4.78, 5) is 20.6. The van der Waals surface area contributed by atoms with Crippen LogP contribution in [0.15, 0.2) is 0 Å². The lowest BCUT2D eigenvalue weighted by molar-refractivity contribution is -0.291. The fourth-order valence-corrected chi connectivity index (χ4v) is 5.18. The molecular formula is C10H20N4O10P2. The quantitative estimate of drug-likeness (QED) is 0.215. The van der Waals surface area contributed by atoms with Crippen molar-refractivity contribution in [2.45, 2.75) is 12.8 Å². The van der Waals surface area contributed by atoms with Gasteiger partial charge >= 0.3 is 15.2 Å². The number of rotatable bonds is 10. The molecule has 0 saturated carbocycles. The van der Waals surface area contributed by atoms with Gasteiger partial charge in [0.15, 0.2) is 0 Å². The van der Waals surface area contributed by atoms with E-state index in [1.807, 2.05) is 0 Å². The van der Waals surface area contributed by atoms with Crippen molar-refractivity contribution in [2.75, 3.05) is 38.5 Å². The number of carbonyl (C=O) groups excluding carboxylic acids is 2. The Labute approximate surface area is 148 Å². The van der Waals surface area contributed by atoms with E-state index in [1.54, 1.807) is 0 Å². The number of carbonyl (C=O) groups is 2. The van der Waals surface area contributed by atoms with E-state index < -0.39 is 15.2 Å². The van der Waals surface area contributed by atoms with Crippen molar-refractivity contribution in [3.63, 3.8) is 0 Å². The Bertz CT molecular complexity index is 524. The summed E-state index contributed by atoms with van der Waals surface area (Å²) in [6, 6.07) is 0. The summed E-state index contributed by atoms with van der Waals surface area (Å²) in [7, 11) is -7.54. The number of nitrogens with zero attached hydrogens (tertiary/aromatic N) is 4. The summed E-state index contributed by atoms with van der Waals surface area (Å²) in [5.41, 5.74) is 0. The van der Waals surface area contributed by atoms with Gasteiger partial charge in [0.05, 0.1) is 25.4 Å². The Morgan fingerprint density at radius 1 is 0.808 bits per heavy atom. The van der Waals surface area contributed by atoms with Crippen molar-refractivity contribution in [3.8, 4) is 0 Å². The minimum atomic E-state index is -3.77. The van der Waals surface area contributed by atoms with E-state index in [-0.39, 0.29) is 64.2 Å². The number of fused-ring (bicyclic) bond motifs is 3. The van der Waals surface area contributed by atoms with Crippen molar-refractivity contribution in [3.05, 3.63) is 0 Å². The zero-order chi connectivity index (χ0) is 19.2. The average molecular weight is 418 g/mol. The molecular weight excluding hydrogens is 398 g/mol. The van der Waals surface area contributed by atoms with Crippen LogP contribution in [0.5, 0.6) is 0 Å². The number of hydrogen-bond acceptors (Lipinski definition) is 12. The number of hydroxylamine groups is 8. The lowest BCUT2D eigenvalue weighted by atomic mass is 10.5. The SMILES string of the molecule is O=CN(O)CCCP1(=O)ON2CCN(O1)OP(=O)(CCCN(O)C=O)O2. The molecule has 0 aliphatic carbocycles. The van der Waals surface area contributed by atoms with Gasteiger partial charge < -0.3 is 0 Å². The highest BCUT2D eigenvalue weighted by atomic mass is 31.2. The molecule has 2 N–H and O–H groups in total. The Kier molecular flexibility index (Phi) is 7.67. The van der Waals surface area contributed by atoms with E-state index in [4.69, 9.17) is 28.9 Å². The van der Waals surface area contributed by atoms with E-state index in [9.17, 15) is 18.7 Å². The van der Waals surface area contributed by atoms with Gasteiger partial charge in [-0.3, -0.25) is 29.1 Å². The van der Waals surface area contributed by atoms with Gasteiger partial charge in [-0.1, -0.05) is 0 Å². The molecule has 16 heteroatoms. The van der Waals surface area contributed by atoms with Crippen molar-refractivity contribution < 1.29 is 47.6 Å². The van der Waals surface area contributed by atoms with Gasteiger partial charge in [0.1, 0.15) is 0 Å². The molecule has 0 radical (unpaired) electrons. The normalized spacial score (nSPS) is 33.9. The first-order chi connectivity index (χ1) is 12.3. The van der Waals surface area contributed by atoms with Crippen molar-refractivity contribution in [2.24, 2.45) is 0 Å². The average Bonchev–Trinajstić information content (AvgIpc) is 2.81. The van der Waals surface area contributed by atoms with Crippen LogP contribution in [0.1, 0.15) is 12.8 Å². The van der Waals surface area contributed by atoms with Gasteiger partial charge in [0, 0.05) is 13.1 Å². The second kappa shape index (κ2) is 9.33. The highest BCUT2D eigenvalue weighted by Gasteiger charge is 2.45. The first-order valence-electron chi connectivity index (χ1n) is 7.61. The topological polar surface area (TPSA) is 159 Å². The molecule has 2 fully saturated rings. The molecule has 2 heterocycles. The van der Waals surface area contributed by atoms with Crippen LogP contribution in [0, 0.1) is 0 Å². The van der Waals surface area contributed by atoms with E-state index in [1.165, 1.54) is 0 Å². The predicted molar refractivity (Wildman–Crippen MR) is 81.0 cm³/mol. The van der Waals surface area contributed by atoms with Crippen LogP contribution in [0.2, 0.25) is 0 Å². The third-order valence-electron chi connectivity index (χ3n) is 3.21. The largest absolute Gasteiger partial charge is 0.367 e. The summed E-state index contributed by atoms with van der Waals surface area (Å²) in [5.74, 6) is 0. The van der Waals surface area contributed by atoms with Gasteiger partial charge in [-0.25, -0.2) is 10.1 Å². The zero-order valence-electron chi connectivity index (χ0n) is 13.7. The Balaban J connectivity index is 1.93. The number of hydrogen-bond donors (Lipinski definition) is 2. The highest BCUT2D eigenvalue weighted by molar-refractivity contribution is 7.54. The maximum absolute atomic E-state index is 12.6. The molecule has 2 saturated heterocycles. The van der Waals surface area contributed by atoms with Crippen molar-refractivity contribution >= 4 is 28.0 Å².